The molecule has 4 nitrogen and oxygen atoms in total. The number of nitrogens with one attached hydrogen (secondary N) is 1. The molecule has 6 heteroatoms. The largest absolute Gasteiger partial charge is 0.490 e. The molecule has 0 heterocycles. The van der Waals surface area contributed by atoms with Crippen LogP contribution < -0.4 is 10.1 Å². The second-order valence-electron chi connectivity index (χ2n) is 4.85. The van der Waals surface area contributed by atoms with Crippen molar-refractivity contribution in [2.45, 2.75) is 26.4 Å². The lowest BCUT2D eigenvalue weighted by molar-refractivity contribution is 0.0520. The second kappa shape index (κ2) is 7.01. The Hall–Kier alpha value is -0.940. The zero-order chi connectivity index (χ0) is 14.5. The number of ether oxygens (including phenoxy) is 2. The Balaban J connectivity index is 2.31. The van der Waals surface area contributed by atoms with E-state index in [-0.39, 0.29) is 0 Å². The van der Waals surface area contributed by atoms with Gasteiger partial charge < -0.3 is 14.8 Å². The molecule has 1 N–H and O–H groups in total. The number of hydrogen-bond donors (Lipinski definition) is 1. The lowest BCUT2D eigenvalue weighted by Crippen LogP contribution is -2.34. The fraction of sp³-hybridized carbons (Fsp3) is 0.462. The van der Waals surface area contributed by atoms with Crippen molar-refractivity contribution in [2.24, 2.45) is 0 Å². The van der Waals surface area contributed by atoms with Crippen molar-refractivity contribution in [1.29, 1.82) is 0 Å². The molecule has 0 aromatic heterocycles. The molecular formula is C13H17BrClNO3. The number of carbonyl (C=O) groups excluding carboxylic acids is 1. The first-order chi connectivity index (χ1) is 8.78. The molecule has 0 radical (unpaired) electrons. The van der Waals surface area contributed by atoms with Crippen molar-refractivity contribution in [3.8, 4) is 5.75 Å². The van der Waals surface area contributed by atoms with E-state index >= 15 is 0 Å². The van der Waals surface area contributed by atoms with Crippen LogP contribution in [-0.4, -0.2) is 24.8 Å². The van der Waals surface area contributed by atoms with E-state index in [4.69, 9.17) is 21.1 Å². The topological polar surface area (TPSA) is 47.6 Å². The molecule has 1 amide bonds. The van der Waals surface area contributed by atoms with Crippen molar-refractivity contribution in [3.63, 3.8) is 0 Å². The van der Waals surface area contributed by atoms with Crippen LogP contribution in [0.3, 0.4) is 0 Å². The first-order valence-corrected chi connectivity index (χ1v) is 7.00. The Labute approximate surface area is 126 Å². The van der Waals surface area contributed by atoms with Crippen LogP contribution in [0.1, 0.15) is 20.8 Å². The number of rotatable bonds is 4. The van der Waals surface area contributed by atoms with Crippen LogP contribution in [0.15, 0.2) is 22.7 Å². The number of benzene rings is 1. The maximum absolute atomic E-state index is 11.4. The van der Waals surface area contributed by atoms with E-state index in [9.17, 15) is 4.79 Å². The average molecular weight is 351 g/mol. The lowest BCUT2D eigenvalue weighted by atomic mass is 10.2. The predicted octanol–water partition coefficient (Wildman–Crippen LogP) is 4.01. The van der Waals surface area contributed by atoms with Crippen LogP contribution in [0.2, 0.25) is 5.02 Å². The van der Waals surface area contributed by atoms with E-state index in [1.807, 2.05) is 26.8 Å². The third kappa shape index (κ3) is 6.68. The zero-order valence-corrected chi connectivity index (χ0v) is 13.5. The van der Waals surface area contributed by atoms with Gasteiger partial charge in [-0.1, -0.05) is 27.5 Å². The van der Waals surface area contributed by atoms with E-state index in [0.717, 1.165) is 4.47 Å². The summed E-state index contributed by atoms with van der Waals surface area (Å²) in [6, 6.07) is 5.34. The molecule has 0 aliphatic rings. The molecule has 0 aliphatic heterocycles. The van der Waals surface area contributed by atoms with Gasteiger partial charge in [-0.25, -0.2) is 4.79 Å². The van der Waals surface area contributed by atoms with E-state index in [1.54, 1.807) is 12.1 Å². The molecular weight excluding hydrogens is 334 g/mol. The maximum atomic E-state index is 11.4. The first kappa shape index (κ1) is 16.1. The quantitative estimate of drug-likeness (QED) is 0.835. The Morgan fingerprint density at radius 3 is 2.74 bits per heavy atom. The molecule has 0 bridgehead atoms. The van der Waals surface area contributed by atoms with Crippen LogP contribution >= 0.6 is 27.5 Å². The van der Waals surface area contributed by atoms with E-state index < -0.39 is 11.7 Å². The number of carbonyl (C=O) groups is 1. The van der Waals surface area contributed by atoms with Gasteiger partial charge in [0.25, 0.3) is 0 Å². The Kier molecular flexibility index (Phi) is 5.94. The summed E-state index contributed by atoms with van der Waals surface area (Å²) < 4.78 is 11.4. The average Bonchev–Trinajstić information content (AvgIpc) is 2.26. The molecule has 0 unspecified atom stereocenters. The monoisotopic (exact) mass is 349 g/mol. The van der Waals surface area contributed by atoms with E-state index in [2.05, 4.69) is 21.2 Å². The zero-order valence-electron chi connectivity index (χ0n) is 11.1. The third-order valence-electron chi connectivity index (χ3n) is 1.92. The molecule has 0 saturated carbocycles. The van der Waals surface area contributed by atoms with Crippen LogP contribution in [0, 0.1) is 0 Å². The second-order valence-corrected chi connectivity index (χ2v) is 6.17. The molecule has 1 aromatic carbocycles. The van der Waals surface area contributed by atoms with Crippen LogP contribution in [0.4, 0.5) is 4.79 Å². The Morgan fingerprint density at radius 2 is 2.11 bits per heavy atom. The summed E-state index contributed by atoms with van der Waals surface area (Å²) in [5, 5.41) is 3.13. The Bertz CT molecular complexity index is 446. The summed E-state index contributed by atoms with van der Waals surface area (Å²) in [6.07, 6.45) is -0.462. The van der Waals surface area contributed by atoms with Gasteiger partial charge >= 0.3 is 6.09 Å². The number of halogens is 2. The molecule has 1 rings (SSSR count). The summed E-state index contributed by atoms with van der Waals surface area (Å²) in [6.45, 7) is 6.09. The molecule has 0 aliphatic carbocycles. The van der Waals surface area contributed by atoms with Crippen molar-refractivity contribution < 1.29 is 14.3 Å². The first-order valence-electron chi connectivity index (χ1n) is 5.82. The Morgan fingerprint density at radius 1 is 1.42 bits per heavy atom. The number of alkyl carbamates (subject to hydrolysis) is 1. The van der Waals surface area contributed by atoms with Crippen molar-refractivity contribution >= 4 is 33.6 Å². The summed E-state index contributed by atoms with van der Waals surface area (Å²) in [5.74, 6) is 0.571. The molecule has 1 aromatic rings. The minimum atomic E-state index is -0.501. The van der Waals surface area contributed by atoms with Crippen molar-refractivity contribution in [2.75, 3.05) is 13.2 Å². The van der Waals surface area contributed by atoms with Gasteiger partial charge in [0, 0.05) is 4.47 Å². The normalized spacial score (nSPS) is 11.0. The lowest BCUT2D eigenvalue weighted by Gasteiger charge is -2.19. The third-order valence-corrected chi connectivity index (χ3v) is 2.73. The number of hydrogen-bond acceptors (Lipinski definition) is 3. The standard InChI is InChI=1S/C13H17BrClNO3/c1-13(2,3)19-12(17)16-6-7-18-11-8-9(14)4-5-10(11)15/h4-5,8H,6-7H2,1-3H3,(H,16,17). The number of amides is 1. The molecule has 0 spiro atoms. The molecule has 0 atom stereocenters. The fourth-order valence-corrected chi connectivity index (χ4v) is 1.73. The summed E-state index contributed by atoms with van der Waals surface area (Å²) in [5.41, 5.74) is -0.501. The van der Waals surface area contributed by atoms with Crippen LogP contribution in [-0.2, 0) is 4.74 Å². The van der Waals surface area contributed by atoms with E-state index in [1.165, 1.54) is 0 Å². The summed E-state index contributed by atoms with van der Waals surface area (Å²) >= 11 is 9.30. The molecule has 19 heavy (non-hydrogen) atoms. The van der Waals surface area contributed by atoms with Gasteiger partial charge in [0.15, 0.2) is 0 Å². The van der Waals surface area contributed by atoms with Crippen LogP contribution in [0.25, 0.3) is 0 Å². The minimum absolute atomic E-state index is 0.315. The molecule has 0 saturated heterocycles. The highest BCUT2D eigenvalue weighted by molar-refractivity contribution is 9.10. The molecule has 106 valence electrons. The van der Waals surface area contributed by atoms with Crippen molar-refractivity contribution in [1.82, 2.24) is 5.32 Å². The van der Waals surface area contributed by atoms with Gasteiger partial charge in [0.1, 0.15) is 18.0 Å². The molecule has 0 fully saturated rings. The van der Waals surface area contributed by atoms with Gasteiger partial charge in [0.2, 0.25) is 0 Å². The van der Waals surface area contributed by atoms with Gasteiger partial charge in [-0.05, 0) is 39.0 Å². The highest BCUT2D eigenvalue weighted by atomic mass is 79.9. The SMILES string of the molecule is CC(C)(C)OC(=O)NCCOc1cc(Br)ccc1Cl. The van der Waals surface area contributed by atoms with Crippen molar-refractivity contribution in [3.05, 3.63) is 27.7 Å². The fourth-order valence-electron chi connectivity index (χ4n) is 1.22. The summed E-state index contributed by atoms with van der Waals surface area (Å²) in [4.78, 5) is 11.4. The van der Waals surface area contributed by atoms with Gasteiger partial charge in [0.05, 0.1) is 11.6 Å². The maximum Gasteiger partial charge on any atom is 0.407 e. The van der Waals surface area contributed by atoms with Gasteiger partial charge in [-0.2, -0.15) is 0 Å². The van der Waals surface area contributed by atoms with Crippen LogP contribution in [0.5, 0.6) is 5.75 Å². The highest BCUT2D eigenvalue weighted by Crippen LogP contribution is 2.27. The minimum Gasteiger partial charge on any atom is -0.490 e. The predicted molar refractivity (Wildman–Crippen MR) is 78.9 cm³/mol. The summed E-state index contributed by atoms with van der Waals surface area (Å²) in [7, 11) is 0. The smallest absolute Gasteiger partial charge is 0.407 e. The van der Waals surface area contributed by atoms with Gasteiger partial charge in [-0.15, -0.1) is 0 Å². The highest BCUT2D eigenvalue weighted by Gasteiger charge is 2.15. The van der Waals surface area contributed by atoms with Gasteiger partial charge in [-0.3, -0.25) is 0 Å². The van der Waals surface area contributed by atoms with E-state index in [0.29, 0.717) is 23.9 Å².